The summed E-state index contributed by atoms with van der Waals surface area (Å²) in [5.74, 6) is 3.14. The van der Waals surface area contributed by atoms with Gasteiger partial charge in [0.1, 0.15) is 5.82 Å². The number of halogens is 2. The molecule has 2 nitrogen and oxygen atoms in total. The molecule has 0 aromatic carbocycles. The first-order chi connectivity index (χ1) is 7.79. The molecular weight excluding hydrogens is 288 g/mol. The maximum absolute atomic E-state index is 5.96. The van der Waals surface area contributed by atoms with Gasteiger partial charge in [0, 0.05) is 23.1 Å². The molecule has 1 fully saturated rings. The second-order valence-electron chi connectivity index (χ2n) is 4.35. The zero-order chi connectivity index (χ0) is 11.4. The van der Waals surface area contributed by atoms with E-state index in [0.29, 0.717) is 11.8 Å². The number of pyridine rings is 1. The summed E-state index contributed by atoms with van der Waals surface area (Å²) in [4.78, 5) is 4.30. The van der Waals surface area contributed by atoms with Crippen LogP contribution >= 0.6 is 27.5 Å². The predicted molar refractivity (Wildman–Crippen MR) is 72.0 cm³/mol. The lowest BCUT2D eigenvalue weighted by atomic mass is 9.98. The molecule has 1 heterocycles. The Kier molecular flexibility index (Phi) is 4.47. The molecule has 0 radical (unpaired) electrons. The Labute approximate surface area is 110 Å². The Morgan fingerprint density at radius 1 is 1.38 bits per heavy atom. The van der Waals surface area contributed by atoms with Crippen LogP contribution in [0.3, 0.4) is 0 Å². The minimum Gasteiger partial charge on any atom is -0.370 e. The molecule has 16 heavy (non-hydrogen) atoms. The van der Waals surface area contributed by atoms with E-state index >= 15 is 0 Å². The molecule has 1 aromatic heterocycles. The van der Waals surface area contributed by atoms with Gasteiger partial charge in [-0.05, 0) is 52.7 Å². The smallest absolute Gasteiger partial charge is 0.125 e. The molecule has 1 aliphatic rings. The van der Waals surface area contributed by atoms with E-state index in [-0.39, 0.29) is 0 Å². The van der Waals surface area contributed by atoms with E-state index in [1.165, 1.54) is 19.3 Å². The molecule has 1 aromatic rings. The number of hydrogen-bond acceptors (Lipinski definition) is 2. The number of hydrogen-bond donors (Lipinski definition) is 1. The van der Waals surface area contributed by atoms with Crippen LogP contribution in [0, 0.1) is 11.8 Å². The molecule has 0 bridgehead atoms. The highest BCUT2D eigenvalue weighted by atomic mass is 79.9. The van der Waals surface area contributed by atoms with E-state index in [9.17, 15) is 0 Å². The first-order valence-electron chi connectivity index (χ1n) is 5.71. The number of alkyl halides is 1. The molecular formula is C12H16BrClN2. The molecule has 2 unspecified atom stereocenters. The molecule has 0 saturated heterocycles. The molecule has 0 spiro atoms. The number of rotatable bonds is 4. The van der Waals surface area contributed by atoms with Crippen molar-refractivity contribution in [3.8, 4) is 0 Å². The average molecular weight is 304 g/mol. The van der Waals surface area contributed by atoms with Crippen LogP contribution in [0.2, 0.25) is 0 Å². The Morgan fingerprint density at radius 3 is 2.88 bits per heavy atom. The van der Waals surface area contributed by atoms with Crippen LogP contribution in [0.4, 0.5) is 5.82 Å². The Balaban J connectivity index is 1.85. The summed E-state index contributed by atoms with van der Waals surface area (Å²) in [6.45, 7) is 0.992. The van der Waals surface area contributed by atoms with Gasteiger partial charge in [-0.25, -0.2) is 4.98 Å². The molecule has 0 amide bonds. The number of aromatic nitrogens is 1. The molecule has 1 N–H and O–H groups in total. The topological polar surface area (TPSA) is 24.9 Å². The lowest BCUT2D eigenvalue weighted by molar-refractivity contribution is 0.444. The van der Waals surface area contributed by atoms with Crippen molar-refractivity contribution in [3.05, 3.63) is 22.8 Å². The van der Waals surface area contributed by atoms with Crippen LogP contribution in [0.15, 0.2) is 22.8 Å². The molecule has 0 aliphatic heterocycles. The van der Waals surface area contributed by atoms with Gasteiger partial charge in [-0.3, -0.25) is 0 Å². The predicted octanol–water partition coefficient (Wildman–Crippen LogP) is 3.91. The summed E-state index contributed by atoms with van der Waals surface area (Å²) in [6, 6.07) is 4.00. The van der Waals surface area contributed by atoms with Crippen LogP contribution in [0.25, 0.3) is 0 Å². The van der Waals surface area contributed by atoms with Gasteiger partial charge >= 0.3 is 0 Å². The fourth-order valence-corrected chi connectivity index (χ4v) is 2.94. The fraction of sp³-hybridized carbons (Fsp3) is 0.583. The second-order valence-corrected chi connectivity index (χ2v) is 5.57. The van der Waals surface area contributed by atoms with Gasteiger partial charge in [0.25, 0.3) is 0 Å². The van der Waals surface area contributed by atoms with E-state index in [1.807, 2.05) is 18.3 Å². The van der Waals surface area contributed by atoms with Crippen LogP contribution < -0.4 is 5.32 Å². The monoisotopic (exact) mass is 302 g/mol. The minimum absolute atomic E-state index is 0.685. The van der Waals surface area contributed by atoms with Gasteiger partial charge < -0.3 is 5.32 Å². The number of nitrogens with one attached hydrogen (secondary N) is 1. The Hall–Kier alpha value is -0.280. The van der Waals surface area contributed by atoms with Gasteiger partial charge in [-0.15, -0.1) is 11.6 Å². The number of nitrogens with zero attached hydrogens (tertiary/aromatic N) is 1. The number of anilines is 1. The van der Waals surface area contributed by atoms with Crippen LogP contribution in [-0.4, -0.2) is 17.4 Å². The zero-order valence-corrected chi connectivity index (χ0v) is 11.5. The maximum atomic E-state index is 5.96. The molecule has 1 saturated carbocycles. The van der Waals surface area contributed by atoms with Crippen molar-refractivity contribution in [1.82, 2.24) is 4.98 Å². The van der Waals surface area contributed by atoms with E-state index in [2.05, 4.69) is 26.2 Å². The van der Waals surface area contributed by atoms with Crippen LogP contribution in [-0.2, 0) is 0 Å². The lowest BCUT2D eigenvalue weighted by Crippen LogP contribution is -2.19. The summed E-state index contributed by atoms with van der Waals surface area (Å²) >= 11 is 9.33. The highest BCUT2D eigenvalue weighted by Gasteiger charge is 2.25. The van der Waals surface area contributed by atoms with Gasteiger partial charge in [0.2, 0.25) is 0 Å². The first-order valence-corrected chi connectivity index (χ1v) is 7.03. The lowest BCUT2D eigenvalue weighted by Gasteiger charge is -2.17. The zero-order valence-electron chi connectivity index (χ0n) is 9.13. The van der Waals surface area contributed by atoms with E-state index in [4.69, 9.17) is 11.6 Å². The van der Waals surface area contributed by atoms with E-state index in [0.717, 1.165) is 22.7 Å². The van der Waals surface area contributed by atoms with Crippen molar-refractivity contribution < 1.29 is 0 Å². The third kappa shape index (κ3) is 3.11. The van der Waals surface area contributed by atoms with Crippen molar-refractivity contribution in [2.45, 2.75) is 19.3 Å². The fourth-order valence-electron chi connectivity index (χ4n) is 2.30. The molecule has 1 aliphatic carbocycles. The first kappa shape index (κ1) is 12.2. The molecule has 2 rings (SSSR count). The largest absolute Gasteiger partial charge is 0.370 e. The highest BCUT2D eigenvalue weighted by molar-refractivity contribution is 9.10. The van der Waals surface area contributed by atoms with E-state index in [1.54, 1.807) is 0 Å². The van der Waals surface area contributed by atoms with Crippen molar-refractivity contribution in [2.75, 3.05) is 17.7 Å². The third-order valence-corrected chi connectivity index (χ3v) is 4.15. The summed E-state index contributed by atoms with van der Waals surface area (Å²) in [7, 11) is 0. The SMILES string of the molecule is ClCC1CCCC1CNc1ccc(Br)cn1. The Bertz CT molecular complexity index is 328. The molecule has 88 valence electrons. The highest BCUT2D eigenvalue weighted by Crippen LogP contribution is 2.32. The molecule has 2 atom stereocenters. The average Bonchev–Trinajstić information content (AvgIpc) is 2.76. The van der Waals surface area contributed by atoms with Crippen molar-refractivity contribution in [3.63, 3.8) is 0 Å². The quantitative estimate of drug-likeness (QED) is 0.853. The van der Waals surface area contributed by atoms with Gasteiger partial charge in [-0.2, -0.15) is 0 Å². The minimum atomic E-state index is 0.685. The van der Waals surface area contributed by atoms with Crippen molar-refractivity contribution in [2.24, 2.45) is 11.8 Å². The third-order valence-electron chi connectivity index (χ3n) is 3.29. The van der Waals surface area contributed by atoms with Crippen LogP contribution in [0.5, 0.6) is 0 Å². The van der Waals surface area contributed by atoms with Crippen molar-refractivity contribution >= 4 is 33.3 Å². The van der Waals surface area contributed by atoms with Gasteiger partial charge in [-0.1, -0.05) is 6.42 Å². The standard InChI is InChI=1S/C12H16BrClN2/c13-11-4-5-12(16-8-11)15-7-10-3-1-2-9(10)6-14/h4-5,8-10H,1-3,6-7H2,(H,15,16). The van der Waals surface area contributed by atoms with Crippen LogP contribution in [0.1, 0.15) is 19.3 Å². The normalized spacial score (nSPS) is 24.6. The molecule has 4 heteroatoms. The maximum Gasteiger partial charge on any atom is 0.125 e. The summed E-state index contributed by atoms with van der Waals surface area (Å²) in [6.07, 6.45) is 5.71. The van der Waals surface area contributed by atoms with E-state index < -0.39 is 0 Å². The summed E-state index contributed by atoms with van der Waals surface area (Å²) in [5.41, 5.74) is 0. The van der Waals surface area contributed by atoms with Gasteiger partial charge in [0.15, 0.2) is 0 Å². The second kappa shape index (κ2) is 5.87. The van der Waals surface area contributed by atoms with Gasteiger partial charge in [0.05, 0.1) is 0 Å². The summed E-state index contributed by atoms with van der Waals surface area (Å²) in [5, 5.41) is 3.39. The van der Waals surface area contributed by atoms with Crippen molar-refractivity contribution in [1.29, 1.82) is 0 Å². The summed E-state index contributed by atoms with van der Waals surface area (Å²) < 4.78 is 1.01. The Morgan fingerprint density at radius 2 is 2.19 bits per heavy atom.